The minimum absolute atomic E-state index is 0.0523. The van der Waals surface area contributed by atoms with Crippen molar-refractivity contribution in [3.63, 3.8) is 0 Å². The molecular weight excluding hydrogens is 493 g/mol. The molecule has 0 unspecified atom stereocenters. The van der Waals surface area contributed by atoms with Crippen molar-refractivity contribution < 1.29 is 32.2 Å². The summed E-state index contributed by atoms with van der Waals surface area (Å²) in [6.45, 7) is 8.60. The zero-order chi connectivity index (χ0) is 27.1. The third-order valence-electron chi connectivity index (χ3n) is 5.29. The molecule has 0 fully saturated rings. The molecule has 0 bridgehead atoms. The van der Waals surface area contributed by atoms with Gasteiger partial charge in [0.25, 0.3) is 0 Å². The number of ether oxygens (including phenoxy) is 3. The third-order valence-corrected chi connectivity index (χ3v) is 5.29. The molecular formula is C25H25F3N4O5. The van der Waals surface area contributed by atoms with Crippen molar-refractivity contribution in [3.8, 4) is 17.4 Å². The second-order valence-corrected chi connectivity index (χ2v) is 10.0. The Morgan fingerprint density at radius 1 is 1.11 bits per heavy atom. The van der Waals surface area contributed by atoms with Gasteiger partial charge in [-0.3, -0.25) is 9.47 Å². The fourth-order valence-corrected chi connectivity index (χ4v) is 3.79. The highest BCUT2D eigenvalue weighted by atomic mass is 19.1. The van der Waals surface area contributed by atoms with E-state index < -0.39 is 46.3 Å². The molecule has 0 saturated carbocycles. The van der Waals surface area contributed by atoms with Crippen LogP contribution in [0.3, 0.4) is 0 Å². The minimum atomic E-state index is -1.03. The normalized spacial score (nSPS) is 14.3. The van der Waals surface area contributed by atoms with Crippen molar-refractivity contribution in [3.05, 3.63) is 70.2 Å². The molecule has 2 aromatic heterocycles. The number of pyridine rings is 1. The molecule has 0 radical (unpaired) electrons. The summed E-state index contributed by atoms with van der Waals surface area (Å²) >= 11 is 0. The van der Waals surface area contributed by atoms with Crippen LogP contribution >= 0.6 is 0 Å². The molecule has 0 N–H and O–H groups in total. The van der Waals surface area contributed by atoms with E-state index in [9.17, 15) is 22.8 Å². The van der Waals surface area contributed by atoms with Crippen LogP contribution in [0.1, 0.15) is 40.2 Å². The molecule has 1 aliphatic heterocycles. The lowest BCUT2D eigenvalue weighted by Gasteiger charge is -2.32. The molecule has 0 atom stereocenters. The van der Waals surface area contributed by atoms with Gasteiger partial charge in [-0.25, -0.2) is 23.4 Å². The maximum Gasteiger partial charge on any atom is 0.416 e. The summed E-state index contributed by atoms with van der Waals surface area (Å²) in [6, 6.07) is 5.55. The Hall–Kier alpha value is -4.09. The van der Waals surface area contributed by atoms with E-state index in [1.54, 1.807) is 34.6 Å². The number of benzene rings is 1. The second kappa shape index (κ2) is 9.41. The summed E-state index contributed by atoms with van der Waals surface area (Å²) in [5.41, 5.74) is -2.10. The third kappa shape index (κ3) is 5.68. The maximum atomic E-state index is 14.6. The van der Waals surface area contributed by atoms with E-state index in [0.29, 0.717) is 0 Å². The lowest BCUT2D eigenvalue weighted by molar-refractivity contribution is 0.0552. The van der Waals surface area contributed by atoms with Gasteiger partial charge < -0.3 is 14.2 Å². The standard InChI is InChI=1S/C25H25F3N4O5/c1-24(2,3)37-23(34)32-20-10-19(30-22(33)31(20)13-25(32,4)5)35-12-14-8-16(26)21(17(27)9-14)36-15-6-7-18(28)29-11-15/h6-11H,12-13H2,1-5H3. The van der Waals surface area contributed by atoms with Crippen LogP contribution in [0.2, 0.25) is 0 Å². The van der Waals surface area contributed by atoms with Crippen molar-refractivity contribution in [2.45, 2.75) is 58.9 Å². The SMILES string of the molecule is CC(C)(C)OC(=O)N1c2cc(OCc3cc(F)c(Oc4ccc(F)nc4)c(F)c3)nc(=O)n2CC1(C)C. The van der Waals surface area contributed by atoms with Gasteiger partial charge in [0.15, 0.2) is 17.4 Å². The van der Waals surface area contributed by atoms with Crippen LogP contribution in [0.5, 0.6) is 17.4 Å². The molecule has 1 amide bonds. The number of aromatic nitrogens is 3. The molecule has 0 saturated heterocycles. The zero-order valence-electron chi connectivity index (χ0n) is 20.8. The van der Waals surface area contributed by atoms with Gasteiger partial charge in [0, 0.05) is 6.07 Å². The van der Waals surface area contributed by atoms with Gasteiger partial charge in [0.2, 0.25) is 11.8 Å². The summed E-state index contributed by atoms with van der Waals surface area (Å²) in [5, 5.41) is 0. The van der Waals surface area contributed by atoms with E-state index in [1.165, 1.54) is 21.6 Å². The lowest BCUT2D eigenvalue weighted by atomic mass is 10.1. The maximum absolute atomic E-state index is 14.6. The molecule has 37 heavy (non-hydrogen) atoms. The molecule has 3 heterocycles. The van der Waals surface area contributed by atoms with Gasteiger partial charge in [-0.15, -0.1) is 0 Å². The quantitative estimate of drug-likeness (QED) is 0.441. The van der Waals surface area contributed by atoms with Crippen LogP contribution in [-0.2, 0) is 17.9 Å². The number of halogens is 3. The van der Waals surface area contributed by atoms with E-state index in [1.807, 2.05) is 0 Å². The largest absolute Gasteiger partial charge is 0.473 e. The van der Waals surface area contributed by atoms with Crippen LogP contribution in [0, 0.1) is 17.6 Å². The zero-order valence-corrected chi connectivity index (χ0v) is 20.8. The van der Waals surface area contributed by atoms with Crippen LogP contribution in [0.15, 0.2) is 41.3 Å². The minimum Gasteiger partial charge on any atom is -0.473 e. The Labute approximate surface area is 210 Å². The number of carbonyl (C=O) groups is 1. The first kappa shape index (κ1) is 26.0. The first-order valence-corrected chi connectivity index (χ1v) is 11.3. The average molecular weight is 518 g/mol. The lowest BCUT2D eigenvalue weighted by Crippen LogP contribution is -2.47. The van der Waals surface area contributed by atoms with E-state index in [2.05, 4.69) is 9.97 Å². The van der Waals surface area contributed by atoms with Gasteiger partial charge in [-0.1, -0.05) is 0 Å². The number of rotatable bonds is 5. The summed E-state index contributed by atoms with van der Waals surface area (Å²) in [6.07, 6.45) is 0.349. The number of amides is 1. The predicted octanol–water partition coefficient (Wildman–Crippen LogP) is 4.96. The Kier molecular flexibility index (Phi) is 6.61. The van der Waals surface area contributed by atoms with E-state index in [-0.39, 0.29) is 36.2 Å². The Balaban J connectivity index is 1.55. The fraction of sp³-hybridized carbons (Fsp3) is 0.360. The van der Waals surface area contributed by atoms with Crippen molar-refractivity contribution >= 4 is 11.9 Å². The van der Waals surface area contributed by atoms with Crippen molar-refractivity contribution in [2.24, 2.45) is 0 Å². The van der Waals surface area contributed by atoms with Gasteiger partial charge >= 0.3 is 11.8 Å². The first-order chi connectivity index (χ1) is 17.2. The molecule has 1 aliphatic rings. The van der Waals surface area contributed by atoms with Gasteiger partial charge in [-0.05, 0) is 64.4 Å². The summed E-state index contributed by atoms with van der Waals surface area (Å²) in [5.74, 6) is -3.47. The van der Waals surface area contributed by atoms with Gasteiger partial charge in [0.1, 0.15) is 23.8 Å². The summed E-state index contributed by atoms with van der Waals surface area (Å²) in [7, 11) is 0. The van der Waals surface area contributed by atoms with Gasteiger partial charge in [-0.2, -0.15) is 9.37 Å². The number of anilines is 1. The molecule has 196 valence electrons. The highest BCUT2D eigenvalue weighted by Crippen LogP contribution is 2.35. The number of carbonyl (C=O) groups excluding carboxylic acids is 1. The molecule has 12 heteroatoms. The molecule has 4 rings (SSSR count). The van der Waals surface area contributed by atoms with E-state index >= 15 is 0 Å². The van der Waals surface area contributed by atoms with Crippen molar-refractivity contribution in [1.82, 2.24) is 14.5 Å². The summed E-state index contributed by atoms with van der Waals surface area (Å²) in [4.78, 5) is 34.2. The molecule has 0 aliphatic carbocycles. The molecule has 3 aromatic rings. The van der Waals surface area contributed by atoms with Crippen molar-refractivity contribution in [1.29, 1.82) is 0 Å². The monoisotopic (exact) mass is 518 g/mol. The Morgan fingerprint density at radius 2 is 1.78 bits per heavy atom. The molecule has 0 spiro atoms. The van der Waals surface area contributed by atoms with Crippen LogP contribution < -0.4 is 20.1 Å². The van der Waals surface area contributed by atoms with Crippen molar-refractivity contribution in [2.75, 3.05) is 4.90 Å². The second-order valence-electron chi connectivity index (χ2n) is 10.0. The van der Waals surface area contributed by atoms with E-state index in [0.717, 1.165) is 24.4 Å². The number of fused-ring (bicyclic) bond motifs is 1. The smallest absolute Gasteiger partial charge is 0.416 e. The average Bonchev–Trinajstić information content (AvgIpc) is 3.05. The van der Waals surface area contributed by atoms with Crippen LogP contribution in [-0.4, -0.2) is 31.8 Å². The summed E-state index contributed by atoms with van der Waals surface area (Å²) < 4.78 is 59.6. The molecule has 9 nitrogen and oxygen atoms in total. The fourth-order valence-electron chi connectivity index (χ4n) is 3.79. The number of nitrogens with zero attached hydrogens (tertiary/aromatic N) is 4. The Bertz CT molecular complexity index is 1380. The van der Waals surface area contributed by atoms with E-state index in [4.69, 9.17) is 14.2 Å². The molecule has 1 aromatic carbocycles. The number of hydrogen-bond acceptors (Lipinski definition) is 7. The topological polar surface area (TPSA) is 95.8 Å². The van der Waals surface area contributed by atoms with Crippen LogP contribution in [0.4, 0.5) is 23.8 Å². The highest BCUT2D eigenvalue weighted by Gasteiger charge is 2.43. The van der Waals surface area contributed by atoms with Crippen LogP contribution in [0.25, 0.3) is 0 Å². The Morgan fingerprint density at radius 3 is 2.38 bits per heavy atom. The highest BCUT2D eigenvalue weighted by molar-refractivity contribution is 5.89. The van der Waals surface area contributed by atoms with Gasteiger partial charge in [0.05, 0.1) is 18.3 Å². The number of hydrogen-bond donors (Lipinski definition) is 0. The first-order valence-electron chi connectivity index (χ1n) is 11.3. The predicted molar refractivity (Wildman–Crippen MR) is 126 cm³/mol.